The summed E-state index contributed by atoms with van der Waals surface area (Å²) in [5.41, 5.74) is 2.27. The third-order valence-electron chi connectivity index (χ3n) is 2.75. The Labute approximate surface area is 103 Å². The van der Waals surface area contributed by atoms with Crippen molar-refractivity contribution in [1.29, 1.82) is 0 Å². The molecular weight excluding hydrogens is 266 g/mol. The molecule has 2 nitrogen and oxygen atoms in total. The second-order valence-corrected chi connectivity index (χ2v) is 5.02. The number of carbonyl (C=O) groups is 1. The zero-order chi connectivity index (χ0) is 11.7. The average Bonchev–Trinajstić information content (AvgIpc) is 2.60. The Morgan fingerprint density at radius 1 is 1.44 bits per heavy atom. The maximum atomic E-state index is 10.7. The van der Waals surface area contributed by atoms with Crippen LogP contribution in [0.3, 0.4) is 0 Å². The molecule has 1 aromatic heterocycles. The lowest BCUT2D eigenvalue weighted by molar-refractivity contribution is -0.107. The molecule has 0 bridgehead atoms. The molecular formula is C13H14BrNO. The predicted octanol–water partition coefficient (Wildman–Crippen LogP) is 3.73. The van der Waals surface area contributed by atoms with Crippen LogP contribution in [-0.2, 0) is 11.2 Å². The second kappa shape index (κ2) is 4.42. The van der Waals surface area contributed by atoms with Gasteiger partial charge in [0.2, 0.25) is 0 Å². The summed E-state index contributed by atoms with van der Waals surface area (Å²) < 4.78 is 3.29. The van der Waals surface area contributed by atoms with E-state index in [4.69, 9.17) is 0 Å². The fraction of sp³-hybridized carbons (Fsp3) is 0.308. The molecule has 0 unspecified atom stereocenters. The van der Waals surface area contributed by atoms with E-state index in [2.05, 4.69) is 46.6 Å². The molecule has 2 aromatic rings. The number of carbonyl (C=O) groups excluding carboxylic acids is 1. The first-order chi connectivity index (χ1) is 7.65. The zero-order valence-electron chi connectivity index (χ0n) is 9.40. The molecule has 0 spiro atoms. The van der Waals surface area contributed by atoms with E-state index in [1.165, 1.54) is 5.52 Å². The van der Waals surface area contributed by atoms with Crippen LogP contribution in [0.1, 0.15) is 25.5 Å². The van der Waals surface area contributed by atoms with E-state index in [0.717, 1.165) is 21.7 Å². The molecule has 0 aliphatic rings. The summed E-state index contributed by atoms with van der Waals surface area (Å²) >= 11 is 3.57. The van der Waals surface area contributed by atoms with Crippen molar-refractivity contribution >= 4 is 33.1 Å². The van der Waals surface area contributed by atoms with Gasteiger partial charge in [0.05, 0.1) is 5.52 Å². The number of hydrogen-bond donors (Lipinski definition) is 0. The van der Waals surface area contributed by atoms with Crippen molar-refractivity contribution in [2.75, 3.05) is 0 Å². The van der Waals surface area contributed by atoms with Gasteiger partial charge in [-0.1, -0.05) is 12.1 Å². The second-order valence-electron chi connectivity index (χ2n) is 4.16. The van der Waals surface area contributed by atoms with Crippen LogP contribution < -0.4 is 0 Å². The average molecular weight is 280 g/mol. The highest BCUT2D eigenvalue weighted by molar-refractivity contribution is 9.10. The number of fused-ring (bicyclic) bond motifs is 1. The molecule has 0 atom stereocenters. The van der Waals surface area contributed by atoms with E-state index in [9.17, 15) is 4.79 Å². The molecule has 84 valence electrons. The van der Waals surface area contributed by atoms with Gasteiger partial charge in [-0.15, -0.1) is 0 Å². The highest BCUT2D eigenvalue weighted by Gasteiger charge is 2.12. The predicted molar refractivity (Wildman–Crippen MR) is 69.8 cm³/mol. The topological polar surface area (TPSA) is 22.0 Å². The largest absolute Gasteiger partial charge is 0.344 e. The molecule has 0 aliphatic carbocycles. The Hall–Kier alpha value is -1.09. The smallest absolute Gasteiger partial charge is 0.124 e. The van der Waals surface area contributed by atoms with Crippen LogP contribution in [0.25, 0.3) is 10.9 Å². The summed E-state index contributed by atoms with van der Waals surface area (Å²) in [5, 5.41) is 1.16. The third kappa shape index (κ3) is 1.80. The van der Waals surface area contributed by atoms with Gasteiger partial charge >= 0.3 is 0 Å². The number of nitrogens with zero attached hydrogens (tertiary/aromatic N) is 1. The highest BCUT2D eigenvalue weighted by atomic mass is 79.9. The molecule has 0 radical (unpaired) electrons. The lowest BCUT2D eigenvalue weighted by Crippen LogP contribution is -1.98. The number of benzene rings is 1. The van der Waals surface area contributed by atoms with Gasteiger partial charge in [-0.2, -0.15) is 0 Å². The van der Waals surface area contributed by atoms with E-state index in [1.54, 1.807) is 0 Å². The lowest BCUT2D eigenvalue weighted by atomic mass is 10.1. The van der Waals surface area contributed by atoms with Gasteiger partial charge in [-0.05, 0) is 41.4 Å². The van der Waals surface area contributed by atoms with Gasteiger partial charge in [-0.25, -0.2) is 0 Å². The number of para-hydroxylation sites is 1. The van der Waals surface area contributed by atoms with Crippen molar-refractivity contribution < 1.29 is 4.79 Å². The fourth-order valence-electron chi connectivity index (χ4n) is 2.00. The number of halogens is 1. The molecule has 1 heterocycles. The summed E-state index contributed by atoms with van der Waals surface area (Å²) in [6.07, 6.45) is 3.52. The maximum absolute atomic E-state index is 10.7. The number of aldehydes is 1. The molecule has 2 rings (SSSR count). The number of aromatic nitrogens is 1. The van der Waals surface area contributed by atoms with Crippen molar-refractivity contribution in [3.63, 3.8) is 0 Å². The van der Waals surface area contributed by atoms with Crippen LogP contribution in [0.4, 0.5) is 0 Å². The molecule has 0 amide bonds. The summed E-state index contributed by atoms with van der Waals surface area (Å²) in [4.78, 5) is 10.7. The van der Waals surface area contributed by atoms with Crippen molar-refractivity contribution in [1.82, 2.24) is 4.57 Å². The molecule has 0 fully saturated rings. The first kappa shape index (κ1) is 11.4. The van der Waals surface area contributed by atoms with Crippen molar-refractivity contribution in [3.05, 3.63) is 34.4 Å². The van der Waals surface area contributed by atoms with E-state index < -0.39 is 0 Å². The standard InChI is InChI=1S/C13H14BrNO/c1-9(2)15-8-10(6-7-16)11-4-3-5-12(14)13(11)15/h3-5,7-9H,6H2,1-2H3. The minimum atomic E-state index is 0.390. The lowest BCUT2D eigenvalue weighted by Gasteiger charge is -2.09. The van der Waals surface area contributed by atoms with Gasteiger partial charge in [-0.3, -0.25) is 0 Å². The van der Waals surface area contributed by atoms with Gasteiger partial charge in [0.15, 0.2) is 0 Å². The minimum Gasteiger partial charge on any atom is -0.344 e. The molecule has 0 saturated heterocycles. The van der Waals surface area contributed by atoms with Gasteiger partial charge in [0.1, 0.15) is 6.29 Å². The molecule has 0 N–H and O–H groups in total. The van der Waals surface area contributed by atoms with Crippen molar-refractivity contribution in [2.45, 2.75) is 26.3 Å². The monoisotopic (exact) mass is 279 g/mol. The molecule has 0 saturated carbocycles. The normalized spacial score (nSPS) is 11.2. The molecule has 3 heteroatoms. The summed E-state index contributed by atoms with van der Waals surface area (Å²) in [5.74, 6) is 0. The maximum Gasteiger partial charge on any atom is 0.124 e. The summed E-state index contributed by atoms with van der Waals surface area (Å²) in [6, 6.07) is 6.50. The number of hydrogen-bond acceptors (Lipinski definition) is 1. The van der Waals surface area contributed by atoms with Crippen molar-refractivity contribution in [3.8, 4) is 0 Å². The Morgan fingerprint density at radius 3 is 2.81 bits per heavy atom. The first-order valence-electron chi connectivity index (χ1n) is 5.36. The van der Waals surface area contributed by atoms with E-state index in [1.807, 2.05) is 12.1 Å². The quantitative estimate of drug-likeness (QED) is 0.785. The highest BCUT2D eigenvalue weighted by Crippen LogP contribution is 2.30. The van der Waals surface area contributed by atoms with Gasteiger partial charge in [0.25, 0.3) is 0 Å². The SMILES string of the molecule is CC(C)n1cc(CC=O)c2cccc(Br)c21. The molecule has 16 heavy (non-hydrogen) atoms. The molecule has 0 aliphatic heterocycles. The van der Waals surface area contributed by atoms with Crippen LogP contribution in [0.15, 0.2) is 28.9 Å². The minimum absolute atomic E-state index is 0.390. The number of rotatable bonds is 3. The summed E-state index contributed by atoms with van der Waals surface area (Å²) in [7, 11) is 0. The van der Waals surface area contributed by atoms with Gasteiger partial charge in [0, 0.05) is 28.5 Å². The molecule has 1 aromatic carbocycles. The van der Waals surface area contributed by atoms with Crippen LogP contribution in [0.2, 0.25) is 0 Å². The Kier molecular flexibility index (Phi) is 3.15. The van der Waals surface area contributed by atoms with Crippen molar-refractivity contribution in [2.24, 2.45) is 0 Å². The van der Waals surface area contributed by atoms with Crippen LogP contribution >= 0.6 is 15.9 Å². The van der Waals surface area contributed by atoms with E-state index in [0.29, 0.717) is 12.5 Å². The van der Waals surface area contributed by atoms with E-state index in [-0.39, 0.29) is 0 Å². The summed E-state index contributed by atoms with van der Waals surface area (Å²) in [6.45, 7) is 4.28. The Morgan fingerprint density at radius 2 is 2.19 bits per heavy atom. The Bertz CT molecular complexity index is 528. The van der Waals surface area contributed by atoms with E-state index >= 15 is 0 Å². The van der Waals surface area contributed by atoms with Crippen LogP contribution in [0.5, 0.6) is 0 Å². The Balaban J connectivity index is 2.76. The van der Waals surface area contributed by atoms with Crippen LogP contribution in [0, 0.1) is 0 Å². The first-order valence-corrected chi connectivity index (χ1v) is 6.16. The van der Waals surface area contributed by atoms with Gasteiger partial charge < -0.3 is 9.36 Å². The fourth-order valence-corrected chi connectivity index (χ4v) is 2.57. The zero-order valence-corrected chi connectivity index (χ0v) is 11.0. The third-order valence-corrected chi connectivity index (χ3v) is 3.39. The van der Waals surface area contributed by atoms with Crippen LogP contribution in [-0.4, -0.2) is 10.9 Å².